The summed E-state index contributed by atoms with van der Waals surface area (Å²) in [7, 11) is -0.837. The standard InChI is InChI=1S/C28H28F3N5O3S/c1-18-12-13-36-17-25(34-27(18)36)23-14-22(40(37,38)35(2)16-19-4-7-21(39-3)8-5-19)9-10-24(23)33-26-11-6-20(15-32-26)28(29,30)31/h4-11,14-15,17-18H,12-13,16H2,1-3H3,(H,32,33). The third kappa shape index (κ3) is 5.54. The zero-order valence-electron chi connectivity index (χ0n) is 22.1. The van der Waals surface area contributed by atoms with Crippen molar-refractivity contribution in [2.45, 2.75) is 43.4 Å². The van der Waals surface area contributed by atoms with Crippen LogP contribution in [0.25, 0.3) is 11.3 Å². The molecule has 1 atom stereocenters. The number of nitrogens with one attached hydrogen (secondary N) is 1. The topological polar surface area (TPSA) is 89.4 Å². The number of methoxy groups -OCH3 is 1. The van der Waals surface area contributed by atoms with Crippen LogP contribution in [-0.2, 0) is 29.3 Å². The van der Waals surface area contributed by atoms with Crippen molar-refractivity contribution < 1.29 is 26.3 Å². The van der Waals surface area contributed by atoms with Gasteiger partial charge in [0.1, 0.15) is 17.4 Å². The Kier molecular flexibility index (Phi) is 7.32. The number of ether oxygens (including phenoxy) is 1. The van der Waals surface area contributed by atoms with E-state index in [0.717, 1.165) is 36.6 Å². The summed E-state index contributed by atoms with van der Waals surface area (Å²) in [6, 6.07) is 13.9. The molecule has 0 aliphatic carbocycles. The molecular weight excluding hydrogens is 543 g/mol. The molecule has 0 saturated carbocycles. The summed E-state index contributed by atoms with van der Waals surface area (Å²) in [5.41, 5.74) is 1.45. The molecule has 4 aromatic rings. The molecule has 1 N–H and O–H groups in total. The van der Waals surface area contributed by atoms with E-state index in [0.29, 0.717) is 22.7 Å². The predicted octanol–water partition coefficient (Wildman–Crippen LogP) is 6.04. The Balaban J connectivity index is 1.49. The van der Waals surface area contributed by atoms with Gasteiger partial charge in [-0.25, -0.2) is 18.4 Å². The third-order valence-corrected chi connectivity index (χ3v) is 8.74. The van der Waals surface area contributed by atoms with Crippen molar-refractivity contribution >= 4 is 21.5 Å². The van der Waals surface area contributed by atoms with E-state index in [-0.39, 0.29) is 23.2 Å². The van der Waals surface area contributed by atoms with Crippen LogP contribution in [0.2, 0.25) is 0 Å². The van der Waals surface area contributed by atoms with Crippen LogP contribution in [0.3, 0.4) is 0 Å². The first kappa shape index (κ1) is 27.7. The van der Waals surface area contributed by atoms with Gasteiger partial charge >= 0.3 is 6.18 Å². The van der Waals surface area contributed by atoms with Crippen LogP contribution in [0, 0.1) is 0 Å². The van der Waals surface area contributed by atoms with Gasteiger partial charge in [0.2, 0.25) is 10.0 Å². The quantitative estimate of drug-likeness (QED) is 0.277. The largest absolute Gasteiger partial charge is 0.497 e. The van der Waals surface area contributed by atoms with Crippen molar-refractivity contribution in [2.75, 3.05) is 19.5 Å². The molecule has 1 unspecified atom stereocenters. The van der Waals surface area contributed by atoms with Crippen molar-refractivity contribution in [1.82, 2.24) is 18.8 Å². The second-order valence-corrected chi connectivity index (χ2v) is 11.8. The maximum absolute atomic E-state index is 13.6. The first-order valence-corrected chi connectivity index (χ1v) is 14.0. The summed E-state index contributed by atoms with van der Waals surface area (Å²) in [6.45, 7) is 3.03. The molecule has 0 amide bonds. The first-order chi connectivity index (χ1) is 19.0. The fraction of sp³-hybridized carbons (Fsp3) is 0.286. The van der Waals surface area contributed by atoms with E-state index in [1.54, 1.807) is 37.4 Å². The number of sulfonamides is 1. The van der Waals surface area contributed by atoms with Gasteiger partial charge in [0.25, 0.3) is 0 Å². The lowest BCUT2D eigenvalue weighted by Gasteiger charge is -2.19. The van der Waals surface area contributed by atoms with Crippen molar-refractivity contribution in [2.24, 2.45) is 0 Å². The van der Waals surface area contributed by atoms with Gasteiger partial charge in [0, 0.05) is 49.7 Å². The van der Waals surface area contributed by atoms with Crippen LogP contribution in [-0.4, -0.2) is 41.4 Å². The van der Waals surface area contributed by atoms with Crippen LogP contribution < -0.4 is 10.1 Å². The molecule has 1 aliphatic rings. The first-order valence-electron chi connectivity index (χ1n) is 12.6. The summed E-state index contributed by atoms with van der Waals surface area (Å²) >= 11 is 0. The molecule has 40 heavy (non-hydrogen) atoms. The number of anilines is 2. The molecule has 1 aliphatic heterocycles. The third-order valence-electron chi connectivity index (χ3n) is 6.94. The Bertz CT molecular complexity index is 1620. The van der Waals surface area contributed by atoms with Gasteiger partial charge in [-0.3, -0.25) is 0 Å². The molecule has 0 bridgehead atoms. The molecule has 3 heterocycles. The van der Waals surface area contributed by atoms with Gasteiger partial charge < -0.3 is 14.6 Å². The number of alkyl halides is 3. The van der Waals surface area contributed by atoms with E-state index in [2.05, 4.69) is 17.2 Å². The van der Waals surface area contributed by atoms with Gasteiger partial charge in [0.05, 0.1) is 23.3 Å². The smallest absolute Gasteiger partial charge is 0.417 e. The van der Waals surface area contributed by atoms with Gasteiger partial charge in [-0.05, 0) is 54.4 Å². The number of rotatable bonds is 8. The zero-order valence-corrected chi connectivity index (χ0v) is 22.9. The normalized spacial score (nSPS) is 15.3. The molecule has 0 radical (unpaired) electrons. The Labute approximate surface area is 230 Å². The van der Waals surface area contributed by atoms with Crippen molar-refractivity contribution in [1.29, 1.82) is 0 Å². The summed E-state index contributed by atoms with van der Waals surface area (Å²) < 4.78 is 74.6. The van der Waals surface area contributed by atoms with Gasteiger partial charge in [-0.1, -0.05) is 19.1 Å². The maximum Gasteiger partial charge on any atom is 0.417 e. The van der Waals surface area contributed by atoms with Crippen LogP contribution in [0.1, 0.15) is 36.2 Å². The second kappa shape index (κ2) is 10.6. The van der Waals surface area contributed by atoms with E-state index in [9.17, 15) is 21.6 Å². The van der Waals surface area contributed by atoms with Crippen LogP contribution in [0.5, 0.6) is 5.75 Å². The van der Waals surface area contributed by atoms with Crippen molar-refractivity contribution in [3.63, 3.8) is 0 Å². The number of nitrogens with zero attached hydrogens (tertiary/aromatic N) is 4. The molecule has 8 nitrogen and oxygen atoms in total. The van der Waals surface area contributed by atoms with Crippen molar-refractivity contribution in [3.8, 4) is 17.0 Å². The maximum atomic E-state index is 13.6. The van der Waals surface area contributed by atoms with Gasteiger partial charge in [-0.15, -0.1) is 0 Å². The highest BCUT2D eigenvalue weighted by molar-refractivity contribution is 7.89. The number of benzene rings is 2. The Hall–Kier alpha value is -3.90. The summed E-state index contributed by atoms with van der Waals surface area (Å²) in [4.78, 5) is 8.74. The Morgan fingerprint density at radius 1 is 1.12 bits per heavy atom. The number of aromatic nitrogens is 3. The Morgan fingerprint density at radius 3 is 2.50 bits per heavy atom. The molecular formula is C28H28F3N5O3S. The number of halogens is 3. The average molecular weight is 572 g/mol. The highest BCUT2D eigenvalue weighted by Crippen LogP contribution is 2.36. The number of hydrogen-bond donors (Lipinski definition) is 1. The van der Waals surface area contributed by atoms with Crippen LogP contribution in [0.4, 0.5) is 24.7 Å². The van der Waals surface area contributed by atoms with Crippen molar-refractivity contribution in [3.05, 3.63) is 83.9 Å². The monoisotopic (exact) mass is 571 g/mol. The minimum absolute atomic E-state index is 0.0608. The van der Waals surface area contributed by atoms with E-state index in [1.165, 1.54) is 29.6 Å². The number of imidazole rings is 1. The minimum atomic E-state index is -4.50. The zero-order chi connectivity index (χ0) is 28.7. The number of aryl methyl sites for hydroxylation is 1. The molecule has 210 valence electrons. The summed E-state index contributed by atoms with van der Waals surface area (Å²) in [5.74, 6) is 2.01. The second-order valence-electron chi connectivity index (χ2n) is 9.74. The average Bonchev–Trinajstić information content (AvgIpc) is 3.50. The summed E-state index contributed by atoms with van der Waals surface area (Å²) in [6.07, 6.45) is -0.912. The summed E-state index contributed by atoms with van der Waals surface area (Å²) in [5, 5.41) is 3.04. The molecule has 0 fully saturated rings. The highest BCUT2D eigenvalue weighted by Gasteiger charge is 2.31. The fourth-order valence-corrected chi connectivity index (χ4v) is 5.81. The molecule has 5 rings (SSSR count). The fourth-order valence-electron chi connectivity index (χ4n) is 4.63. The molecule has 0 saturated heterocycles. The van der Waals surface area contributed by atoms with Crippen LogP contribution >= 0.6 is 0 Å². The van der Waals surface area contributed by atoms with E-state index in [1.807, 2.05) is 10.8 Å². The van der Waals surface area contributed by atoms with E-state index >= 15 is 0 Å². The lowest BCUT2D eigenvalue weighted by molar-refractivity contribution is -0.137. The van der Waals surface area contributed by atoms with Gasteiger partial charge in [-0.2, -0.15) is 17.5 Å². The molecule has 12 heteroatoms. The van der Waals surface area contributed by atoms with E-state index in [4.69, 9.17) is 9.72 Å². The number of pyridine rings is 1. The minimum Gasteiger partial charge on any atom is -0.497 e. The molecule has 2 aromatic heterocycles. The lowest BCUT2D eigenvalue weighted by Crippen LogP contribution is -2.26. The van der Waals surface area contributed by atoms with E-state index < -0.39 is 21.8 Å². The SMILES string of the molecule is COc1ccc(CN(C)S(=O)(=O)c2ccc(Nc3ccc(C(F)(F)F)cn3)c(-c3cn4c(n3)C(C)CC4)c2)cc1. The molecule has 2 aromatic carbocycles. The van der Waals surface area contributed by atoms with Crippen LogP contribution in [0.15, 0.2) is 71.9 Å². The Morgan fingerprint density at radius 2 is 1.88 bits per heavy atom. The van der Waals surface area contributed by atoms with Gasteiger partial charge in [0.15, 0.2) is 0 Å². The number of fused-ring (bicyclic) bond motifs is 1. The molecule has 0 spiro atoms. The lowest BCUT2D eigenvalue weighted by atomic mass is 10.1. The highest BCUT2D eigenvalue weighted by atomic mass is 32.2. The predicted molar refractivity (Wildman–Crippen MR) is 145 cm³/mol. The number of hydrogen-bond acceptors (Lipinski definition) is 6.